The number of ether oxygens (including phenoxy) is 1. The molecule has 2 aromatic carbocycles. The number of amides is 1. The van der Waals surface area contributed by atoms with Crippen molar-refractivity contribution in [3.63, 3.8) is 0 Å². The van der Waals surface area contributed by atoms with Crippen LogP contribution < -0.4 is 0 Å². The molecule has 0 saturated carbocycles. The van der Waals surface area contributed by atoms with Crippen LogP contribution in [0.1, 0.15) is 23.0 Å². The van der Waals surface area contributed by atoms with Crippen LogP contribution in [0.15, 0.2) is 53.9 Å². The van der Waals surface area contributed by atoms with Gasteiger partial charge in [-0.1, -0.05) is 35.9 Å². The van der Waals surface area contributed by atoms with E-state index in [4.69, 9.17) is 16.3 Å². The second-order valence-corrected chi connectivity index (χ2v) is 7.71. The number of aromatic nitrogens is 1. The van der Waals surface area contributed by atoms with Gasteiger partial charge in [0.25, 0.3) is 5.91 Å². The Morgan fingerprint density at radius 1 is 1.24 bits per heavy atom. The third-order valence-electron chi connectivity index (χ3n) is 4.12. The van der Waals surface area contributed by atoms with Gasteiger partial charge in [0.2, 0.25) is 0 Å². The van der Waals surface area contributed by atoms with E-state index in [1.54, 1.807) is 36.7 Å². The van der Waals surface area contributed by atoms with E-state index < -0.39 is 18.0 Å². The van der Waals surface area contributed by atoms with Crippen molar-refractivity contribution in [3.05, 3.63) is 76.0 Å². The van der Waals surface area contributed by atoms with E-state index in [0.29, 0.717) is 15.6 Å². The van der Waals surface area contributed by atoms with Gasteiger partial charge in [-0.05, 0) is 36.8 Å². The second kappa shape index (κ2) is 9.15. The standard InChI is InChI=1S/C21H18ClFN2O3S/c1-13(20(26)25(2)11-14-4-3-5-17(23)10-14)28-21(27)18-12-29-19(24-18)15-6-8-16(22)9-7-15/h3-10,12-13H,11H2,1-2H3. The summed E-state index contributed by atoms with van der Waals surface area (Å²) in [7, 11) is 1.57. The van der Waals surface area contributed by atoms with Crippen molar-refractivity contribution in [2.45, 2.75) is 19.6 Å². The Kier molecular flexibility index (Phi) is 6.61. The van der Waals surface area contributed by atoms with Gasteiger partial charge in [0, 0.05) is 29.6 Å². The second-order valence-electron chi connectivity index (χ2n) is 6.42. The molecule has 1 unspecified atom stereocenters. The number of benzene rings is 2. The normalized spacial score (nSPS) is 11.7. The number of likely N-dealkylation sites (N-methyl/N-ethyl adjacent to an activating group) is 1. The molecule has 0 saturated heterocycles. The maximum absolute atomic E-state index is 13.3. The monoisotopic (exact) mass is 432 g/mol. The lowest BCUT2D eigenvalue weighted by Gasteiger charge is -2.21. The summed E-state index contributed by atoms with van der Waals surface area (Å²) in [5, 5.41) is 2.84. The largest absolute Gasteiger partial charge is 0.448 e. The number of nitrogens with zero attached hydrogens (tertiary/aromatic N) is 2. The van der Waals surface area contributed by atoms with E-state index in [9.17, 15) is 14.0 Å². The Balaban J connectivity index is 1.61. The molecule has 0 aliphatic rings. The highest BCUT2D eigenvalue weighted by Crippen LogP contribution is 2.25. The number of carbonyl (C=O) groups is 2. The van der Waals surface area contributed by atoms with Crippen molar-refractivity contribution < 1.29 is 18.7 Å². The molecule has 0 radical (unpaired) electrons. The summed E-state index contributed by atoms with van der Waals surface area (Å²) in [4.78, 5) is 30.5. The average Bonchev–Trinajstić information content (AvgIpc) is 3.18. The van der Waals surface area contributed by atoms with Crippen LogP contribution >= 0.6 is 22.9 Å². The molecule has 1 atom stereocenters. The smallest absolute Gasteiger partial charge is 0.358 e. The van der Waals surface area contributed by atoms with Crippen LogP contribution in [0, 0.1) is 5.82 Å². The van der Waals surface area contributed by atoms with Crippen molar-refractivity contribution in [2.75, 3.05) is 7.05 Å². The fourth-order valence-corrected chi connectivity index (χ4v) is 3.58. The molecule has 1 heterocycles. The van der Waals surface area contributed by atoms with E-state index in [0.717, 1.165) is 5.56 Å². The van der Waals surface area contributed by atoms with Crippen LogP contribution in [0.3, 0.4) is 0 Å². The summed E-state index contributed by atoms with van der Waals surface area (Å²) in [6.45, 7) is 1.70. The number of halogens is 2. The molecular formula is C21H18ClFN2O3S. The van der Waals surface area contributed by atoms with Gasteiger partial charge >= 0.3 is 5.97 Å². The number of rotatable bonds is 6. The summed E-state index contributed by atoms with van der Waals surface area (Å²) in [5.41, 5.74) is 1.61. The predicted octanol–water partition coefficient (Wildman–Crippen LogP) is 4.81. The molecule has 0 spiro atoms. The molecule has 8 heteroatoms. The first-order valence-corrected chi connectivity index (χ1v) is 10.0. The van der Waals surface area contributed by atoms with Crippen molar-refractivity contribution in [1.29, 1.82) is 0 Å². The molecule has 0 aliphatic heterocycles. The fraction of sp³-hybridized carbons (Fsp3) is 0.190. The van der Waals surface area contributed by atoms with Crippen molar-refractivity contribution >= 4 is 34.8 Å². The Labute approximate surface area is 176 Å². The van der Waals surface area contributed by atoms with Crippen LogP contribution in [0.4, 0.5) is 4.39 Å². The Hall–Kier alpha value is -2.77. The van der Waals surface area contributed by atoms with Gasteiger partial charge in [-0.15, -0.1) is 11.3 Å². The molecule has 150 valence electrons. The Morgan fingerprint density at radius 3 is 2.66 bits per heavy atom. The van der Waals surface area contributed by atoms with E-state index in [1.165, 1.54) is 35.3 Å². The zero-order chi connectivity index (χ0) is 21.0. The molecule has 3 aromatic rings. The van der Waals surface area contributed by atoms with Crippen LogP contribution in [0.2, 0.25) is 5.02 Å². The van der Waals surface area contributed by atoms with Crippen LogP contribution in [0.5, 0.6) is 0 Å². The van der Waals surface area contributed by atoms with Crippen molar-refractivity contribution in [2.24, 2.45) is 0 Å². The summed E-state index contributed by atoms with van der Waals surface area (Å²) in [5.74, 6) is -1.44. The van der Waals surface area contributed by atoms with E-state index >= 15 is 0 Å². The summed E-state index contributed by atoms with van der Waals surface area (Å²) < 4.78 is 18.6. The quantitative estimate of drug-likeness (QED) is 0.524. The lowest BCUT2D eigenvalue weighted by atomic mass is 10.2. The van der Waals surface area contributed by atoms with Gasteiger partial charge in [-0.25, -0.2) is 14.2 Å². The zero-order valence-electron chi connectivity index (χ0n) is 15.8. The fourth-order valence-electron chi connectivity index (χ4n) is 2.66. The maximum atomic E-state index is 13.3. The maximum Gasteiger partial charge on any atom is 0.358 e. The summed E-state index contributed by atoms with van der Waals surface area (Å²) in [6.07, 6.45) is -0.998. The summed E-state index contributed by atoms with van der Waals surface area (Å²) in [6, 6.07) is 13.1. The van der Waals surface area contributed by atoms with Gasteiger partial charge in [0.1, 0.15) is 10.8 Å². The first kappa shape index (κ1) is 21.0. The highest BCUT2D eigenvalue weighted by molar-refractivity contribution is 7.13. The summed E-state index contributed by atoms with van der Waals surface area (Å²) >= 11 is 7.18. The van der Waals surface area contributed by atoms with Crippen molar-refractivity contribution in [1.82, 2.24) is 9.88 Å². The number of hydrogen-bond donors (Lipinski definition) is 0. The van der Waals surface area contributed by atoms with E-state index in [1.807, 2.05) is 12.1 Å². The molecule has 1 aromatic heterocycles. The highest BCUT2D eigenvalue weighted by Gasteiger charge is 2.24. The van der Waals surface area contributed by atoms with Crippen molar-refractivity contribution in [3.8, 4) is 10.6 Å². The minimum Gasteiger partial charge on any atom is -0.448 e. The molecule has 0 bridgehead atoms. The van der Waals surface area contributed by atoms with Crippen LogP contribution in [0.25, 0.3) is 10.6 Å². The number of carbonyl (C=O) groups excluding carboxylic acids is 2. The molecule has 29 heavy (non-hydrogen) atoms. The molecule has 5 nitrogen and oxygen atoms in total. The van der Waals surface area contributed by atoms with Gasteiger partial charge in [-0.2, -0.15) is 0 Å². The molecule has 3 rings (SSSR count). The molecule has 1 amide bonds. The van der Waals surface area contributed by atoms with Gasteiger partial charge in [0.05, 0.1) is 0 Å². The third-order valence-corrected chi connectivity index (χ3v) is 5.26. The van der Waals surface area contributed by atoms with Crippen LogP contribution in [-0.4, -0.2) is 34.9 Å². The van der Waals surface area contributed by atoms with E-state index in [2.05, 4.69) is 4.98 Å². The third kappa shape index (κ3) is 5.40. The van der Waals surface area contributed by atoms with Gasteiger partial charge in [0.15, 0.2) is 11.8 Å². The Bertz CT molecular complexity index is 1020. The molecular weight excluding hydrogens is 415 g/mol. The van der Waals surface area contributed by atoms with Gasteiger partial charge in [-0.3, -0.25) is 4.79 Å². The van der Waals surface area contributed by atoms with E-state index in [-0.39, 0.29) is 18.1 Å². The Morgan fingerprint density at radius 2 is 1.97 bits per heavy atom. The lowest BCUT2D eigenvalue weighted by molar-refractivity contribution is -0.139. The first-order valence-electron chi connectivity index (χ1n) is 8.75. The molecule has 0 aliphatic carbocycles. The predicted molar refractivity (Wildman–Crippen MR) is 110 cm³/mol. The SMILES string of the molecule is CC(OC(=O)c1csc(-c2ccc(Cl)cc2)n1)C(=O)N(C)Cc1cccc(F)c1. The lowest BCUT2D eigenvalue weighted by Crippen LogP contribution is -2.37. The minimum absolute atomic E-state index is 0.132. The molecule has 0 N–H and O–H groups in total. The topological polar surface area (TPSA) is 59.5 Å². The van der Waals surface area contributed by atoms with Crippen LogP contribution in [-0.2, 0) is 16.1 Å². The molecule has 0 fully saturated rings. The highest BCUT2D eigenvalue weighted by atomic mass is 35.5. The minimum atomic E-state index is -0.998. The average molecular weight is 433 g/mol. The number of hydrogen-bond acceptors (Lipinski definition) is 5. The first-order chi connectivity index (χ1) is 13.8. The zero-order valence-corrected chi connectivity index (χ0v) is 17.3. The van der Waals surface area contributed by atoms with Gasteiger partial charge < -0.3 is 9.64 Å². The number of thiazole rings is 1. The number of esters is 1.